The molecule has 3 heterocycles. The molecule has 2 saturated heterocycles. The number of rotatable bonds is 1. The number of anilines is 1. The maximum absolute atomic E-state index is 12.8. The zero-order valence-electron chi connectivity index (χ0n) is 11.9. The molecular weight excluding hydrogens is 254 g/mol. The summed E-state index contributed by atoms with van der Waals surface area (Å²) in [6.07, 6.45) is 6.15. The molecule has 0 aromatic carbocycles. The number of hydrogen-bond acceptors (Lipinski definition) is 3. The fourth-order valence-corrected chi connectivity index (χ4v) is 3.19. The van der Waals surface area contributed by atoms with Crippen LogP contribution < -0.4 is 4.90 Å². The van der Waals surface area contributed by atoms with E-state index in [1.807, 2.05) is 13.0 Å². The Morgan fingerprint density at radius 1 is 1.25 bits per heavy atom. The summed E-state index contributed by atoms with van der Waals surface area (Å²) in [6, 6.07) is 1.14. The van der Waals surface area contributed by atoms with Crippen molar-refractivity contribution in [3.05, 3.63) is 24.0 Å². The Kier molecular flexibility index (Phi) is 3.20. The number of aromatic nitrogens is 1. The Hall–Kier alpha value is -1.91. The summed E-state index contributed by atoms with van der Waals surface area (Å²) in [7, 11) is 0. The predicted molar refractivity (Wildman–Crippen MR) is 75.3 cm³/mol. The van der Waals surface area contributed by atoms with Crippen LogP contribution >= 0.6 is 0 Å². The first kappa shape index (κ1) is 13.1. The highest BCUT2D eigenvalue weighted by molar-refractivity contribution is 6.08. The molecule has 0 saturated carbocycles. The van der Waals surface area contributed by atoms with Gasteiger partial charge in [0.15, 0.2) is 0 Å². The van der Waals surface area contributed by atoms with Crippen LogP contribution in [0.3, 0.4) is 0 Å². The molecule has 0 aliphatic carbocycles. The molecule has 3 rings (SSSR count). The second-order valence-electron chi connectivity index (χ2n) is 5.59. The fraction of sp³-hybridized carbons (Fsp3) is 0.533. The third kappa shape index (κ3) is 1.88. The van der Waals surface area contributed by atoms with E-state index in [0.717, 1.165) is 30.5 Å². The van der Waals surface area contributed by atoms with Crippen molar-refractivity contribution in [2.24, 2.45) is 0 Å². The van der Waals surface area contributed by atoms with Gasteiger partial charge in [0.1, 0.15) is 12.1 Å². The summed E-state index contributed by atoms with van der Waals surface area (Å²) >= 11 is 0. The summed E-state index contributed by atoms with van der Waals surface area (Å²) in [5, 5.41) is 0. The number of aryl methyl sites for hydroxylation is 1. The van der Waals surface area contributed by atoms with Crippen molar-refractivity contribution in [3.63, 3.8) is 0 Å². The Balaban J connectivity index is 2.01. The molecular formula is C15H19N3O2. The summed E-state index contributed by atoms with van der Waals surface area (Å²) in [4.78, 5) is 32.8. The second-order valence-corrected chi connectivity index (χ2v) is 5.59. The van der Waals surface area contributed by atoms with Gasteiger partial charge in [0.05, 0.1) is 11.9 Å². The van der Waals surface area contributed by atoms with Gasteiger partial charge >= 0.3 is 0 Å². The number of pyridine rings is 1. The fourth-order valence-electron chi connectivity index (χ4n) is 3.19. The zero-order chi connectivity index (χ0) is 14.3. The highest BCUT2D eigenvalue weighted by Gasteiger charge is 2.45. The van der Waals surface area contributed by atoms with Gasteiger partial charge in [-0.05, 0) is 44.7 Å². The van der Waals surface area contributed by atoms with Crippen molar-refractivity contribution in [2.75, 3.05) is 11.4 Å². The summed E-state index contributed by atoms with van der Waals surface area (Å²) in [6.45, 7) is 4.45. The first-order chi connectivity index (χ1) is 9.61. The van der Waals surface area contributed by atoms with Crippen LogP contribution in [0.5, 0.6) is 0 Å². The molecule has 0 N–H and O–H groups in total. The van der Waals surface area contributed by atoms with Crippen molar-refractivity contribution in [3.8, 4) is 0 Å². The highest BCUT2D eigenvalue weighted by atomic mass is 16.2. The van der Waals surface area contributed by atoms with E-state index < -0.39 is 6.04 Å². The van der Waals surface area contributed by atoms with E-state index in [1.54, 1.807) is 29.1 Å². The van der Waals surface area contributed by atoms with Crippen molar-refractivity contribution in [2.45, 2.75) is 45.2 Å². The van der Waals surface area contributed by atoms with E-state index >= 15 is 0 Å². The van der Waals surface area contributed by atoms with Crippen molar-refractivity contribution >= 4 is 17.5 Å². The number of hydrogen-bond donors (Lipinski definition) is 0. The van der Waals surface area contributed by atoms with Crippen LogP contribution in [0.2, 0.25) is 0 Å². The van der Waals surface area contributed by atoms with Gasteiger partial charge in [-0.25, -0.2) is 0 Å². The average molecular weight is 273 g/mol. The number of carbonyl (C=O) groups excluding carboxylic acids is 2. The maximum atomic E-state index is 12.8. The third-order valence-corrected chi connectivity index (χ3v) is 4.32. The number of fused-ring (bicyclic) bond motifs is 1. The Bertz CT molecular complexity index is 558. The molecule has 5 heteroatoms. The number of piperazine rings is 1. The van der Waals surface area contributed by atoms with E-state index in [2.05, 4.69) is 4.98 Å². The van der Waals surface area contributed by atoms with Crippen LogP contribution in [0.1, 0.15) is 31.7 Å². The van der Waals surface area contributed by atoms with Gasteiger partial charge in [-0.1, -0.05) is 0 Å². The van der Waals surface area contributed by atoms with Gasteiger partial charge < -0.3 is 4.90 Å². The molecule has 1 aromatic rings. The summed E-state index contributed by atoms with van der Waals surface area (Å²) in [5.41, 5.74) is 1.72. The molecule has 2 aliphatic rings. The van der Waals surface area contributed by atoms with E-state index in [4.69, 9.17) is 0 Å². The van der Waals surface area contributed by atoms with E-state index in [-0.39, 0.29) is 17.9 Å². The maximum Gasteiger partial charge on any atom is 0.250 e. The molecule has 0 radical (unpaired) electrons. The molecule has 2 unspecified atom stereocenters. The molecule has 1 aromatic heterocycles. The molecule has 0 spiro atoms. The van der Waals surface area contributed by atoms with Crippen LogP contribution in [0, 0.1) is 6.92 Å². The topological polar surface area (TPSA) is 53.5 Å². The minimum absolute atomic E-state index is 0.0351. The van der Waals surface area contributed by atoms with Gasteiger partial charge in [0.2, 0.25) is 5.91 Å². The molecule has 2 amide bonds. The Morgan fingerprint density at radius 3 is 2.80 bits per heavy atom. The lowest BCUT2D eigenvalue weighted by Crippen LogP contribution is -2.65. The number of amides is 2. The van der Waals surface area contributed by atoms with Gasteiger partial charge in [-0.15, -0.1) is 0 Å². The Morgan fingerprint density at radius 2 is 2.05 bits per heavy atom. The van der Waals surface area contributed by atoms with Crippen LogP contribution in [0.15, 0.2) is 18.5 Å². The molecule has 5 nitrogen and oxygen atoms in total. The molecule has 20 heavy (non-hydrogen) atoms. The standard InChI is InChI=1S/C15H19N3O2/c1-10-6-7-16-9-13(10)18-11(2)14(19)17-8-4-3-5-12(17)15(18)20/h6-7,9,11-12H,3-5,8H2,1-2H3. The number of carbonyl (C=O) groups is 2. The van der Waals surface area contributed by atoms with E-state index in [9.17, 15) is 9.59 Å². The van der Waals surface area contributed by atoms with Crippen LogP contribution in [-0.2, 0) is 9.59 Å². The summed E-state index contributed by atoms with van der Waals surface area (Å²) < 4.78 is 0. The first-order valence-electron chi connectivity index (χ1n) is 7.15. The lowest BCUT2D eigenvalue weighted by molar-refractivity contribution is -0.147. The Labute approximate surface area is 118 Å². The minimum Gasteiger partial charge on any atom is -0.329 e. The van der Waals surface area contributed by atoms with Crippen LogP contribution in [0.25, 0.3) is 0 Å². The molecule has 2 aliphatic heterocycles. The molecule has 2 fully saturated rings. The van der Waals surface area contributed by atoms with Gasteiger partial charge in [0, 0.05) is 12.7 Å². The summed E-state index contributed by atoms with van der Waals surface area (Å²) in [5.74, 6) is 0.0884. The molecule has 106 valence electrons. The number of piperidine rings is 1. The molecule has 0 bridgehead atoms. The number of nitrogens with zero attached hydrogens (tertiary/aromatic N) is 3. The first-order valence-corrected chi connectivity index (χ1v) is 7.15. The van der Waals surface area contributed by atoms with E-state index in [1.165, 1.54) is 0 Å². The lowest BCUT2D eigenvalue weighted by atomic mass is 9.95. The zero-order valence-corrected chi connectivity index (χ0v) is 11.9. The SMILES string of the molecule is Cc1ccncc1N1C(=O)C2CCCCN2C(=O)C1C. The van der Waals surface area contributed by atoms with Gasteiger partial charge in [-0.2, -0.15) is 0 Å². The van der Waals surface area contributed by atoms with E-state index in [0.29, 0.717) is 6.54 Å². The van der Waals surface area contributed by atoms with Crippen LogP contribution in [0.4, 0.5) is 5.69 Å². The normalized spacial score (nSPS) is 26.7. The van der Waals surface area contributed by atoms with Crippen molar-refractivity contribution < 1.29 is 9.59 Å². The molecule has 2 atom stereocenters. The van der Waals surface area contributed by atoms with Crippen LogP contribution in [-0.4, -0.2) is 40.3 Å². The third-order valence-electron chi connectivity index (χ3n) is 4.32. The average Bonchev–Trinajstić information content (AvgIpc) is 2.47. The highest BCUT2D eigenvalue weighted by Crippen LogP contribution is 2.31. The lowest BCUT2D eigenvalue weighted by Gasteiger charge is -2.46. The quantitative estimate of drug-likeness (QED) is 0.779. The van der Waals surface area contributed by atoms with Crippen molar-refractivity contribution in [1.29, 1.82) is 0 Å². The van der Waals surface area contributed by atoms with Crippen molar-refractivity contribution in [1.82, 2.24) is 9.88 Å². The second kappa shape index (κ2) is 4.89. The predicted octanol–water partition coefficient (Wildman–Crippen LogP) is 1.51. The largest absolute Gasteiger partial charge is 0.329 e. The van der Waals surface area contributed by atoms with Gasteiger partial charge in [0.25, 0.3) is 5.91 Å². The smallest absolute Gasteiger partial charge is 0.250 e. The van der Waals surface area contributed by atoms with Gasteiger partial charge in [-0.3, -0.25) is 19.5 Å². The monoisotopic (exact) mass is 273 g/mol. The minimum atomic E-state index is -0.445.